The average molecular weight is 522 g/mol. The third-order valence-corrected chi connectivity index (χ3v) is 6.05. The summed E-state index contributed by atoms with van der Waals surface area (Å²) in [7, 11) is 0. The van der Waals surface area contributed by atoms with Gasteiger partial charge in [-0.2, -0.15) is 0 Å². The quantitative estimate of drug-likeness (QED) is 0.243. The number of rotatable bonds is 14. The molecule has 5 heteroatoms. The number of unbranched alkanes of at least 4 members (excludes halogenated alkanes) is 4. The first-order valence-electron chi connectivity index (χ1n) is 9.06. The third-order valence-electron chi connectivity index (χ3n) is 3.64. The molecule has 0 saturated carbocycles. The second kappa shape index (κ2) is 15.4. The molecule has 0 fully saturated rings. The zero-order chi connectivity index (χ0) is 17.5. The van der Waals surface area contributed by atoms with Gasteiger partial charge in [0.15, 0.2) is 0 Å². The van der Waals surface area contributed by atoms with Crippen LogP contribution in [0.5, 0.6) is 0 Å². The molecule has 0 unspecified atom stereocenters. The summed E-state index contributed by atoms with van der Waals surface area (Å²) in [5.74, 6) is 1.06. The fraction of sp³-hybridized carbons (Fsp3) is 0.889. The van der Waals surface area contributed by atoms with Crippen molar-refractivity contribution in [1.82, 2.24) is 0 Å². The summed E-state index contributed by atoms with van der Waals surface area (Å²) >= 11 is -1.99. The minimum absolute atomic E-state index is 0.192. The van der Waals surface area contributed by atoms with Crippen LogP contribution in [0.2, 0.25) is 0 Å². The summed E-state index contributed by atoms with van der Waals surface area (Å²) in [5, 5.41) is 0. The molecule has 0 bridgehead atoms. The van der Waals surface area contributed by atoms with Gasteiger partial charge in [-0.1, -0.05) is 0 Å². The Bertz CT molecular complexity index is 286. The molecule has 0 aliphatic carbocycles. The topological polar surface area (TPSA) is 52.6 Å². The van der Waals surface area contributed by atoms with Crippen LogP contribution in [0.1, 0.15) is 91.9 Å². The van der Waals surface area contributed by atoms with Gasteiger partial charge in [-0.25, -0.2) is 0 Å². The van der Waals surface area contributed by atoms with E-state index in [2.05, 4.69) is 27.7 Å². The minimum atomic E-state index is -1.99. The summed E-state index contributed by atoms with van der Waals surface area (Å²) in [4.78, 5) is 23.0. The monoisotopic (exact) mass is 522 g/mol. The van der Waals surface area contributed by atoms with Gasteiger partial charge in [-0.3, -0.25) is 0 Å². The maximum atomic E-state index is 11.5. The molecule has 0 amide bonds. The van der Waals surface area contributed by atoms with E-state index in [1.807, 2.05) is 0 Å². The van der Waals surface area contributed by atoms with Crippen molar-refractivity contribution in [2.45, 2.75) is 91.9 Å². The Hall–Kier alpha value is -0.138. The van der Waals surface area contributed by atoms with Gasteiger partial charge in [0.1, 0.15) is 0 Å². The molecule has 0 spiro atoms. The van der Waals surface area contributed by atoms with Crippen molar-refractivity contribution in [1.29, 1.82) is 0 Å². The Labute approximate surface area is 155 Å². The van der Waals surface area contributed by atoms with Crippen molar-refractivity contribution in [2.75, 3.05) is 0 Å². The first kappa shape index (κ1) is 22.9. The predicted molar refractivity (Wildman–Crippen MR) is 93.8 cm³/mol. The Morgan fingerprint density at radius 3 is 1.43 bits per heavy atom. The van der Waals surface area contributed by atoms with Crippen LogP contribution >= 0.6 is 0 Å². The van der Waals surface area contributed by atoms with Crippen LogP contribution in [0.15, 0.2) is 0 Å². The van der Waals surface area contributed by atoms with Gasteiger partial charge in [0.2, 0.25) is 0 Å². The molecule has 4 nitrogen and oxygen atoms in total. The van der Waals surface area contributed by atoms with Crippen LogP contribution in [-0.4, -0.2) is 37.1 Å². The molecule has 0 aliphatic heterocycles. The summed E-state index contributed by atoms with van der Waals surface area (Å²) in [6.45, 7) is 8.84. The number of carbonyl (C=O) groups excluding carboxylic acids is 2. The van der Waals surface area contributed by atoms with Crippen LogP contribution in [0, 0.1) is 11.8 Å². The maximum absolute atomic E-state index is 11.5. The fourth-order valence-corrected chi connectivity index (χ4v) is 3.89. The van der Waals surface area contributed by atoms with Gasteiger partial charge < -0.3 is 0 Å². The summed E-state index contributed by atoms with van der Waals surface area (Å²) < 4.78 is 10.2. The van der Waals surface area contributed by atoms with E-state index in [4.69, 9.17) is 5.37 Å². The summed E-state index contributed by atoms with van der Waals surface area (Å²) in [6.07, 6.45) is 9.54. The van der Waals surface area contributed by atoms with E-state index in [0.29, 0.717) is 12.8 Å². The molecule has 0 aliphatic rings. The van der Waals surface area contributed by atoms with Crippen LogP contribution in [-0.2, 0) is 15.0 Å². The molecule has 2 radical (unpaired) electrons. The van der Waals surface area contributed by atoms with Crippen molar-refractivity contribution in [3.63, 3.8) is 0 Å². The standard InChI is InChI=1S/2C9H18O2.Pb/c2*1-8(2)6-4-3-5-7-9(10)11;/h2*8H,3-7H2,1-2H3,(H,10,11);/q;;+2/p-2. The van der Waals surface area contributed by atoms with E-state index in [-0.39, 0.29) is 11.9 Å². The van der Waals surface area contributed by atoms with Crippen LogP contribution in [0.4, 0.5) is 0 Å². The van der Waals surface area contributed by atoms with Gasteiger partial charge in [0, 0.05) is 0 Å². The molecule has 134 valence electrons. The normalized spacial score (nSPS) is 11.0. The molecule has 23 heavy (non-hydrogen) atoms. The Morgan fingerprint density at radius 2 is 1.09 bits per heavy atom. The van der Waals surface area contributed by atoms with Crippen molar-refractivity contribution in [2.24, 2.45) is 11.8 Å². The van der Waals surface area contributed by atoms with E-state index in [1.54, 1.807) is 0 Å². The first-order valence-corrected chi connectivity index (χ1v) is 12.2. The van der Waals surface area contributed by atoms with Crippen LogP contribution in [0.25, 0.3) is 0 Å². The zero-order valence-electron chi connectivity index (χ0n) is 15.4. The van der Waals surface area contributed by atoms with Gasteiger partial charge in [-0.05, 0) is 0 Å². The summed E-state index contributed by atoms with van der Waals surface area (Å²) in [5.41, 5.74) is 0. The molecular weight excluding hydrogens is 487 g/mol. The number of carbonyl (C=O) groups is 2. The van der Waals surface area contributed by atoms with Crippen molar-refractivity contribution >= 4 is 37.1 Å². The van der Waals surface area contributed by atoms with E-state index >= 15 is 0 Å². The Kier molecular flexibility index (Phi) is 15.3. The average Bonchev–Trinajstić information content (AvgIpc) is 2.45. The molecule has 0 aromatic heterocycles. The zero-order valence-corrected chi connectivity index (χ0v) is 19.2. The van der Waals surface area contributed by atoms with Gasteiger partial charge in [0.05, 0.1) is 0 Å². The predicted octanol–water partition coefficient (Wildman–Crippen LogP) is 4.82. The molecule has 0 N–H and O–H groups in total. The first-order chi connectivity index (χ1) is 10.9. The molecule has 0 aromatic carbocycles. The molecule has 0 rings (SSSR count). The fourth-order valence-electron chi connectivity index (χ4n) is 2.21. The molecular formula is C18H34O4Pb. The van der Waals surface area contributed by atoms with E-state index < -0.39 is 25.1 Å². The second-order valence-electron chi connectivity index (χ2n) is 7.02. The summed E-state index contributed by atoms with van der Waals surface area (Å²) in [6, 6.07) is 0. The number of hydrogen-bond donors (Lipinski definition) is 0. The SMILES string of the molecule is CC(C)CCCCCC(=O)[O][Pb][O]C(=O)CCCCCC(C)C. The van der Waals surface area contributed by atoms with Crippen molar-refractivity contribution in [3.05, 3.63) is 0 Å². The van der Waals surface area contributed by atoms with Gasteiger partial charge in [-0.15, -0.1) is 0 Å². The Balaban J connectivity index is 3.40. The second-order valence-corrected chi connectivity index (χ2v) is 9.25. The number of hydrogen-bond acceptors (Lipinski definition) is 4. The Morgan fingerprint density at radius 1 is 0.696 bits per heavy atom. The van der Waals surface area contributed by atoms with E-state index in [9.17, 15) is 9.59 Å². The van der Waals surface area contributed by atoms with Crippen LogP contribution in [0.3, 0.4) is 0 Å². The molecule has 0 atom stereocenters. The van der Waals surface area contributed by atoms with Crippen molar-refractivity contribution in [3.8, 4) is 0 Å². The third kappa shape index (κ3) is 18.0. The van der Waals surface area contributed by atoms with E-state index in [1.165, 1.54) is 25.7 Å². The van der Waals surface area contributed by atoms with Crippen molar-refractivity contribution < 1.29 is 15.0 Å². The van der Waals surface area contributed by atoms with E-state index in [0.717, 1.165) is 37.5 Å². The van der Waals surface area contributed by atoms with Gasteiger partial charge >= 0.3 is 156 Å². The molecule has 0 heterocycles. The van der Waals surface area contributed by atoms with Gasteiger partial charge in [0.25, 0.3) is 0 Å². The molecule has 0 aromatic rings. The molecule has 0 saturated heterocycles. The van der Waals surface area contributed by atoms with Crippen LogP contribution < -0.4 is 0 Å².